The van der Waals surface area contributed by atoms with Crippen LogP contribution in [0, 0.1) is 10.8 Å². The van der Waals surface area contributed by atoms with Crippen LogP contribution >= 0.6 is 8.16 Å². The van der Waals surface area contributed by atoms with Gasteiger partial charge in [-0.15, -0.1) is 0 Å². The van der Waals surface area contributed by atoms with E-state index in [9.17, 15) is 0 Å². The van der Waals surface area contributed by atoms with Gasteiger partial charge < -0.3 is 8.39 Å². The van der Waals surface area contributed by atoms with E-state index >= 15 is 0 Å². The minimum Gasteiger partial charge on any atom is -0.408 e. The lowest BCUT2D eigenvalue weighted by Crippen LogP contribution is -2.41. The molecule has 4 aromatic carbocycles. The van der Waals surface area contributed by atoms with Gasteiger partial charge in [0.1, 0.15) is 11.2 Å². The zero-order valence-corrected chi connectivity index (χ0v) is 25.1. The second kappa shape index (κ2) is 10.1. The Hall–Kier alpha value is -2.74. The van der Waals surface area contributed by atoms with Crippen LogP contribution in [0.25, 0.3) is 43.5 Å². The third kappa shape index (κ3) is 5.51. The number of hydrogen-bond acceptors (Lipinski definition) is 3. The highest BCUT2D eigenvalue weighted by atomic mass is 31.1. The first-order valence-corrected chi connectivity index (χ1v) is 15.0. The molecule has 0 unspecified atom stereocenters. The van der Waals surface area contributed by atoms with Crippen molar-refractivity contribution < 1.29 is 8.39 Å². The summed E-state index contributed by atoms with van der Waals surface area (Å²) in [6, 6.07) is 26.5. The average molecular weight is 528 g/mol. The summed E-state index contributed by atoms with van der Waals surface area (Å²) in [5.74, 6) is 0. The fraction of sp³-hybridized carbons (Fsp3) is 0.412. The van der Waals surface area contributed by atoms with E-state index in [1.807, 2.05) is 0 Å². The molecule has 0 aliphatic carbocycles. The molecule has 0 saturated carbocycles. The van der Waals surface area contributed by atoms with E-state index in [0.29, 0.717) is 12.1 Å². The van der Waals surface area contributed by atoms with Crippen molar-refractivity contribution in [1.29, 1.82) is 0 Å². The molecule has 3 nitrogen and oxygen atoms in total. The molecule has 1 heterocycles. The van der Waals surface area contributed by atoms with Crippen LogP contribution < -0.4 is 4.67 Å². The van der Waals surface area contributed by atoms with Crippen molar-refractivity contribution in [1.82, 2.24) is 0 Å². The Morgan fingerprint density at radius 1 is 0.605 bits per heavy atom. The highest BCUT2D eigenvalue weighted by Crippen LogP contribution is 2.45. The molecule has 0 saturated heterocycles. The van der Waals surface area contributed by atoms with Gasteiger partial charge in [0.15, 0.2) is 0 Å². The number of rotatable bonds is 5. The minimum atomic E-state index is -1.40. The summed E-state index contributed by atoms with van der Waals surface area (Å²) in [6.07, 6.45) is 2.12. The molecule has 2 atom stereocenters. The zero-order valence-electron chi connectivity index (χ0n) is 24.2. The molecule has 1 aromatic heterocycles. The van der Waals surface area contributed by atoms with Crippen molar-refractivity contribution in [3.05, 3.63) is 72.8 Å². The number of benzene rings is 4. The van der Waals surface area contributed by atoms with E-state index in [0.717, 1.165) is 34.8 Å². The Morgan fingerprint density at radius 2 is 1.00 bits per heavy atom. The van der Waals surface area contributed by atoms with E-state index in [2.05, 4.69) is 133 Å². The van der Waals surface area contributed by atoms with Gasteiger partial charge in [-0.1, -0.05) is 102 Å². The van der Waals surface area contributed by atoms with Crippen LogP contribution in [0.15, 0.2) is 81.2 Å². The number of fused-ring (bicyclic) bond motifs is 7. The van der Waals surface area contributed by atoms with Gasteiger partial charge in [-0.25, -0.2) is 0 Å². The Morgan fingerprint density at radius 3 is 1.39 bits per heavy atom. The van der Waals surface area contributed by atoms with Crippen LogP contribution in [-0.4, -0.2) is 12.1 Å². The molecule has 0 aliphatic rings. The Kier molecular flexibility index (Phi) is 7.14. The molecule has 4 heteroatoms. The predicted molar refractivity (Wildman–Crippen MR) is 167 cm³/mol. The molecule has 5 aromatic rings. The van der Waals surface area contributed by atoms with Crippen LogP contribution in [0.1, 0.15) is 68.2 Å². The topological polar surface area (TPSA) is 29.5 Å². The van der Waals surface area contributed by atoms with Crippen molar-refractivity contribution in [3.63, 3.8) is 0 Å². The fourth-order valence-electron chi connectivity index (χ4n) is 6.17. The number of hydrogen-bond donors (Lipinski definition) is 0. The van der Waals surface area contributed by atoms with Gasteiger partial charge in [0, 0.05) is 22.9 Å². The monoisotopic (exact) mass is 527 g/mol. The Balaban J connectivity index is 1.88. The van der Waals surface area contributed by atoms with Gasteiger partial charge in [0.25, 0.3) is 0 Å². The third-order valence-electron chi connectivity index (χ3n) is 7.29. The van der Waals surface area contributed by atoms with Crippen molar-refractivity contribution in [3.8, 4) is 0 Å². The molecule has 5 rings (SSSR count). The van der Waals surface area contributed by atoms with Gasteiger partial charge in [-0.2, -0.15) is 4.67 Å². The lowest BCUT2D eigenvalue weighted by atomic mass is 9.86. The van der Waals surface area contributed by atoms with Crippen LogP contribution in [0.4, 0.5) is 0 Å². The second-order valence-electron chi connectivity index (χ2n) is 13.3. The highest BCUT2D eigenvalue weighted by Gasteiger charge is 2.32. The van der Waals surface area contributed by atoms with Crippen LogP contribution in [0.3, 0.4) is 0 Å². The zero-order chi connectivity index (χ0) is 27.2. The van der Waals surface area contributed by atoms with Crippen molar-refractivity contribution >= 4 is 51.6 Å². The van der Waals surface area contributed by atoms with E-state index in [1.165, 1.54) is 21.5 Å². The molecule has 38 heavy (non-hydrogen) atoms. The van der Waals surface area contributed by atoms with Crippen molar-refractivity contribution in [2.24, 2.45) is 10.8 Å². The summed E-state index contributed by atoms with van der Waals surface area (Å²) in [7, 11) is -1.40. The van der Waals surface area contributed by atoms with Gasteiger partial charge >= 0.3 is 8.16 Å². The molecule has 200 valence electrons. The van der Waals surface area contributed by atoms with Crippen LogP contribution in [-0.2, 0) is 0 Å². The maximum atomic E-state index is 7.00. The number of nitrogens with zero attached hydrogens (tertiary/aromatic N) is 1. The first kappa shape index (κ1) is 26.9. The van der Waals surface area contributed by atoms with E-state index < -0.39 is 8.16 Å². The quantitative estimate of drug-likeness (QED) is 0.228. The molecule has 0 N–H and O–H groups in total. The largest absolute Gasteiger partial charge is 0.408 e. The van der Waals surface area contributed by atoms with Gasteiger partial charge in [0.05, 0.1) is 0 Å². The summed E-state index contributed by atoms with van der Waals surface area (Å²) in [4.78, 5) is 0. The molecule has 0 bridgehead atoms. The van der Waals surface area contributed by atoms with Crippen molar-refractivity contribution in [2.75, 3.05) is 4.67 Å². The summed E-state index contributed by atoms with van der Waals surface area (Å²) >= 11 is 0. The second-order valence-corrected chi connectivity index (χ2v) is 14.7. The van der Waals surface area contributed by atoms with Gasteiger partial charge in [-0.05, 0) is 71.2 Å². The summed E-state index contributed by atoms with van der Waals surface area (Å²) in [5, 5.41) is 7.07. The highest BCUT2D eigenvalue weighted by molar-refractivity contribution is 7.39. The molecule has 0 radical (unpaired) electrons. The standard InChI is InChI=1S/C34H42NO2P/c1-23(21-33(3,4)5)35(24(2)22-34(6,7)8)38-36-29-19-17-25-13-9-11-15-27(25)31(29)32-28-16-12-10-14-26(28)18-20-30(32)37-38/h9-20,23-24H,21-22H2,1-8H3/t23-,24-/m0/s1. The predicted octanol–water partition coefficient (Wildman–Crippen LogP) is 11.2. The lowest BCUT2D eigenvalue weighted by Gasteiger charge is -2.37. The molecular weight excluding hydrogens is 485 g/mol. The van der Waals surface area contributed by atoms with Crippen LogP contribution in [0.2, 0.25) is 0 Å². The fourth-order valence-corrected chi connectivity index (χ4v) is 7.84. The molecule has 0 spiro atoms. The average Bonchev–Trinajstić information content (AvgIpc) is 2.98. The molecule has 0 fully saturated rings. The Bertz CT molecular complexity index is 1520. The van der Waals surface area contributed by atoms with Gasteiger partial charge in [0.2, 0.25) is 0 Å². The summed E-state index contributed by atoms with van der Waals surface area (Å²) in [6.45, 7) is 18.6. The van der Waals surface area contributed by atoms with Crippen molar-refractivity contribution in [2.45, 2.75) is 80.3 Å². The molecular formula is C34H42NO2P. The van der Waals surface area contributed by atoms with E-state index in [-0.39, 0.29) is 10.8 Å². The molecule has 0 amide bonds. The lowest BCUT2D eigenvalue weighted by molar-refractivity contribution is 0.302. The Labute approximate surface area is 228 Å². The first-order chi connectivity index (χ1) is 17.9. The third-order valence-corrected chi connectivity index (χ3v) is 9.16. The summed E-state index contributed by atoms with van der Waals surface area (Å²) < 4.78 is 16.5. The summed E-state index contributed by atoms with van der Waals surface area (Å²) in [5.41, 5.74) is 2.20. The SMILES string of the molecule is C[C@@H](CC(C)(C)C)N([C@@H](C)CC(C)(C)C)p1oc2ccc3ccccc3c2c2c(ccc3ccccc32)o1. The van der Waals surface area contributed by atoms with E-state index in [4.69, 9.17) is 8.39 Å². The maximum Gasteiger partial charge on any atom is 0.310 e. The van der Waals surface area contributed by atoms with Crippen LogP contribution in [0.5, 0.6) is 0 Å². The minimum absolute atomic E-state index is 0.197. The first-order valence-electron chi connectivity index (χ1n) is 13.9. The maximum absolute atomic E-state index is 7.00. The molecule has 0 aliphatic heterocycles. The normalized spacial score (nSPS) is 14.6. The smallest absolute Gasteiger partial charge is 0.310 e. The van der Waals surface area contributed by atoms with E-state index in [1.54, 1.807) is 0 Å². The van der Waals surface area contributed by atoms with Gasteiger partial charge in [-0.3, -0.25) is 0 Å².